The number of nitrogens with one attached hydrogen (secondary N) is 2. The van der Waals surface area contributed by atoms with E-state index < -0.39 is 0 Å². The predicted octanol–water partition coefficient (Wildman–Crippen LogP) is 1.04. The van der Waals surface area contributed by atoms with E-state index in [2.05, 4.69) is 15.2 Å². The average molecular weight is 275 g/mol. The number of carbonyl (C=O) groups excluding carboxylic acids is 1. The molecule has 0 radical (unpaired) electrons. The number of H-pyrrole nitrogens is 1. The van der Waals surface area contributed by atoms with Gasteiger partial charge in [-0.15, -0.1) is 0 Å². The highest BCUT2D eigenvalue weighted by Crippen LogP contribution is 2.29. The van der Waals surface area contributed by atoms with Crippen molar-refractivity contribution < 1.29 is 4.79 Å². The van der Waals surface area contributed by atoms with Crippen molar-refractivity contribution in [3.8, 4) is 0 Å². The Kier molecular flexibility index (Phi) is 3.61. The Morgan fingerprint density at radius 2 is 2.00 bits per heavy atom. The maximum Gasteiger partial charge on any atom is 0.256 e. The fraction of sp³-hybridized carbons (Fsp3) is 0.600. The maximum atomic E-state index is 12.1. The van der Waals surface area contributed by atoms with Gasteiger partial charge in [0.15, 0.2) is 5.43 Å². The molecule has 20 heavy (non-hydrogen) atoms. The van der Waals surface area contributed by atoms with Gasteiger partial charge in [-0.25, -0.2) is 0 Å². The molecule has 3 rings (SSSR count). The molecule has 0 unspecified atom stereocenters. The van der Waals surface area contributed by atoms with Crippen molar-refractivity contribution in [1.29, 1.82) is 0 Å². The van der Waals surface area contributed by atoms with Gasteiger partial charge in [0.05, 0.1) is 0 Å². The number of amides is 1. The van der Waals surface area contributed by atoms with Crippen LogP contribution in [0.3, 0.4) is 0 Å². The van der Waals surface area contributed by atoms with Crippen LogP contribution in [0.15, 0.2) is 17.1 Å². The van der Waals surface area contributed by atoms with Crippen LogP contribution in [-0.2, 0) is 0 Å². The molecule has 2 aliphatic rings. The first kappa shape index (κ1) is 13.4. The zero-order valence-electron chi connectivity index (χ0n) is 11.8. The third-order valence-electron chi connectivity index (χ3n) is 4.23. The summed E-state index contributed by atoms with van der Waals surface area (Å²) < 4.78 is 0. The van der Waals surface area contributed by atoms with Gasteiger partial charge in [-0.05, 0) is 32.6 Å². The number of pyridine rings is 1. The van der Waals surface area contributed by atoms with E-state index in [1.54, 1.807) is 6.92 Å². The summed E-state index contributed by atoms with van der Waals surface area (Å²) in [6.45, 7) is 3.91. The van der Waals surface area contributed by atoms with E-state index in [9.17, 15) is 9.59 Å². The summed E-state index contributed by atoms with van der Waals surface area (Å²) in [5.74, 6) is -0.254. The monoisotopic (exact) mass is 275 g/mol. The molecular weight excluding hydrogens is 254 g/mol. The van der Waals surface area contributed by atoms with E-state index in [0.717, 1.165) is 37.7 Å². The number of likely N-dealkylation sites (tertiary alicyclic amines) is 1. The molecule has 1 amide bonds. The van der Waals surface area contributed by atoms with Crippen molar-refractivity contribution >= 4 is 5.91 Å². The first-order valence-electron chi connectivity index (χ1n) is 7.38. The Morgan fingerprint density at radius 1 is 1.30 bits per heavy atom. The number of hydrogen-bond acceptors (Lipinski definition) is 3. The van der Waals surface area contributed by atoms with Gasteiger partial charge in [0.2, 0.25) is 0 Å². The highest BCUT2D eigenvalue weighted by atomic mass is 16.2. The number of piperidine rings is 1. The molecule has 0 spiro atoms. The molecule has 2 fully saturated rings. The van der Waals surface area contributed by atoms with Crippen LogP contribution in [0.1, 0.15) is 41.7 Å². The highest BCUT2D eigenvalue weighted by molar-refractivity contribution is 5.93. The van der Waals surface area contributed by atoms with Gasteiger partial charge in [0.1, 0.15) is 5.56 Å². The number of aromatic nitrogens is 1. The lowest BCUT2D eigenvalue weighted by Gasteiger charge is -2.32. The Bertz CT molecular complexity index is 554. The Hall–Kier alpha value is -1.62. The molecule has 1 aromatic rings. The second kappa shape index (κ2) is 5.40. The van der Waals surface area contributed by atoms with Gasteiger partial charge in [-0.3, -0.25) is 9.59 Å². The van der Waals surface area contributed by atoms with Crippen LogP contribution < -0.4 is 10.7 Å². The summed E-state index contributed by atoms with van der Waals surface area (Å²) >= 11 is 0. The summed E-state index contributed by atoms with van der Waals surface area (Å²) in [6, 6.07) is 2.45. The molecule has 2 heterocycles. The SMILES string of the molecule is Cc1cc(=O)c(C(=O)NC2CCN(C3CC3)CC2)c[nH]1. The second-order valence-corrected chi connectivity index (χ2v) is 5.91. The molecule has 1 aliphatic heterocycles. The molecule has 5 nitrogen and oxygen atoms in total. The van der Waals surface area contributed by atoms with Crippen molar-refractivity contribution in [2.75, 3.05) is 13.1 Å². The number of carbonyl (C=O) groups is 1. The number of aryl methyl sites for hydroxylation is 1. The van der Waals surface area contributed by atoms with Gasteiger partial charge in [-0.2, -0.15) is 0 Å². The number of aromatic amines is 1. The fourth-order valence-electron chi connectivity index (χ4n) is 2.86. The van der Waals surface area contributed by atoms with Crippen molar-refractivity contribution in [3.63, 3.8) is 0 Å². The Labute approximate surface area is 118 Å². The van der Waals surface area contributed by atoms with Crippen molar-refractivity contribution in [2.24, 2.45) is 0 Å². The van der Waals surface area contributed by atoms with Crippen molar-refractivity contribution in [1.82, 2.24) is 15.2 Å². The normalized spacial score (nSPS) is 20.9. The predicted molar refractivity (Wildman–Crippen MR) is 76.9 cm³/mol. The Morgan fingerprint density at radius 3 is 2.60 bits per heavy atom. The molecule has 1 aliphatic carbocycles. The molecule has 1 saturated heterocycles. The molecule has 5 heteroatoms. The summed E-state index contributed by atoms with van der Waals surface area (Å²) in [6.07, 6.45) is 6.12. The molecule has 1 saturated carbocycles. The summed E-state index contributed by atoms with van der Waals surface area (Å²) in [4.78, 5) is 29.3. The van der Waals surface area contributed by atoms with Crippen molar-refractivity contribution in [2.45, 2.75) is 44.7 Å². The molecule has 2 N–H and O–H groups in total. The van der Waals surface area contributed by atoms with E-state index in [4.69, 9.17) is 0 Å². The lowest BCUT2D eigenvalue weighted by Crippen LogP contribution is -2.46. The summed E-state index contributed by atoms with van der Waals surface area (Å²) in [7, 11) is 0. The van der Waals surface area contributed by atoms with Crippen LogP contribution >= 0.6 is 0 Å². The van der Waals surface area contributed by atoms with Gasteiger partial charge in [0, 0.05) is 43.1 Å². The molecule has 1 aromatic heterocycles. The molecule has 0 atom stereocenters. The molecule has 0 aromatic carbocycles. The standard InChI is InChI=1S/C15H21N3O2/c1-10-8-14(19)13(9-16-10)15(20)17-11-4-6-18(7-5-11)12-2-3-12/h8-9,11-12H,2-7H2,1H3,(H,16,19)(H,17,20). The Balaban J connectivity index is 1.57. The van der Waals surface area contributed by atoms with Gasteiger partial charge < -0.3 is 15.2 Å². The van der Waals surface area contributed by atoms with E-state index in [-0.39, 0.29) is 22.9 Å². The second-order valence-electron chi connectivity index (χ2n) is 5.91. The quantitative estimate of drug-likeness (QED) is 0.866. The minimum atomic E-state index is -0.254. The third-order valence-corrected chi connectivity index (χ3v) is 4.23. The maximum absolute atomic E-state index is 12.1. The highest BCUT2D eigenvalue weighted by Gasteiger charge is 2.32. The first-order valence-corrected chi connectivity index (χ1v) is 7.38. The van der Waals surface area contributed by atoms with Gasteiger partial charge in [0.25, 0.3) is 5.91 Å². The van der Waals surface area contributed by atoms with E-state index in [1.165, 1.54) is 25.1 Å². The number of nitrogens with zero attached hydrogens (tertiary/aromatic N) is 1. The number of hydrogen-bond donors (Lipinski definition) is 2. The third kappa shape index (κ3) is 2.93. The van der Waals surface area contributed by atoms with E-state index in [0.29, 0.717) is 0 Å². The lowest BCUT2D eigenvalue weighted by molar-refractivity contribution is 0.0907. The first-order chi connectivity index (χ1) is 9.63. The summed E-state index contributed by atoms with van der Waals surface area (Å²) in [5, 5.41) is 2.99. The fourth-order valence-corrected chi connectivity index (χ4v) is 2.86. The van der Waals surface area contributed by atoms with Crippen LogP contribution in [0.25, 0.3) is 0 Å². The minimum absolute atomic E-state index is 0.193. The topological polar surface area (TPSA) is 65.2 Å². The van der Waals surface area contributed by atoms with Gasteiger partial charge in [-0.1, -0.05) is 0 Å². The van der Waals surface area contributed by atoms with Crippen LogP contribution in [0.4, 0.5) is 0 Å². The molecule has 108 valence electrons. The number of rotatable bonds is 3. The largest absolute Gasteiger partial charge is 0.364 e. The minimum Gasteiger partial charge on any atom is -0.364 e. The zero-order valence-corrected chi connectivity index (χ0v) is 11.8. The van der Waals surface area contributed by atoms with Crippen LogP contribution in [0.2, 0.25) is 0 Å². The lowest BCUT2D eigenvalue weighted by atomic mass is 10.0. The van der Waals surface area contributed by atoms with E-state index in [1.807, 2.05) is 0 Å². The average Bonchev–Trinajstić information content (AvgIpc) is 3.23. The molecular formula is C15H21N3O2. The van der Waals surface area contributed by atoms with Crippen LogP contribution in [0.5, 0.6) is 0 Å². The summed E-state index contributed by atoms with van der Waals surface area (Å²) in [5.41, 5.74) is 0.763. The zero-order chi connectivity index (χ0) is 14.1. The van der Waals surface area contributed by atoms with Crippen LogP contribution in [-0.4, -0.2) is 41.0 Å². The van der Waals surface area contributed by atoms with Gasteiger partial charge >= 0.3 is 0 Å². The van der Waals surface area contributed by atoms with E-state index >= 15 is 0 Å². The van der Waals surface area contributed by atoms with Crippen LogP contribution in [0, 0.1) is 6.92 Å². The molecule has 0 bridgehead atoms. The van der Waals surface area contributed by atoms with Crippen molar-refractivity contribution in [3.05, 3.63) is 33.7 Å². The smallest absolute Gasteiger partial charge is 0.256 e.